The van der Waals surface area contributed by atoms with Crippen molar-refractivity contribution in [1.29, 1.82) is 0 Å². The van der Waals surface area contributed by atoms with Gasteiger partial charge in [0, 0.05) is 11.6 Å². The maximum atomic E-state index is 11.6. The van der Waals surface area contributed by atoms with E-state index in [-0.39, 0.29) is 12.0 Å². The Labute approximate surface area is 143 Å². The van der Waals surface area contributed by atoms with Crippen LogP contribution in [0.15, 0.2) is 66.7 Å². The summed E-state index contributed by atoms with van der Waals surface area (Å²) in [7, 11) is 1.40. The monoisotopic (exact) mass is 321 g/mol. The van der Waals surface area contributed by atoms with Gasteiger partial charge in [0.1, 0.15) is 0 Å². The van der Waals surface area contributed by atoms with Crippen LogP contribution < -0.4 is 5.32 Å². The highest BCUT2D eigenvalue weighted by atomic mass is 16.5. The van der Waals surface area contributed by atoms with Gasteiger partial charge in [0.05, 0.1) is 18.7 Å². The third kappa shape index (κ3) is 3.85. The molecule has 0 amide bonds. The summed E-state index contributed by atoms with van der Waals surface area (Å²) in [4.78, 5) is 11.6. The Bertz CT molecular complexity index is 692. The van der Waals surface area contributed by atoms with Gasteiger partial charge in [0.25, 0.3) is 0 Å². The standard InChI is InChI=1S/C21H23NO2/c1-24-21(23)18-12-14-19(15-13-18)22-20(16-8-4-2-5-9-16)17-10-6-3-7-11-17/h2,4-6,8-10,12-15,17,20,22H,3,7,11H2,1H3/t17?,20-/m0/s1. The number of benzene rings is 2. The number of esters is 1. The summed E-state index contributed by atoms with van der Waals surface area (Å²) in [6.45, 7) is 0. The van der Waals surface area contributed by atoms with Crippen LogP contribution in [-0.2, 0) is 4.74 Å². The predicted octanol–water partition coefficient (Wildman–Crippen LogP) is 4.98. The highest BCUT2D eigenvalue weighted by Crippen LogP contribution is 2.33. The number of allylic oxidation sites excluding steroid dienone is 1. The zero-order valence-corrected chi connectivity index (χ0v) is 13.9. The number of methoxy groups -OCH3 is 1. The first-order chi connectivity index (χ1) is 11.8. The third-order valence-corrected chi connectivity index (χ3v) is 4.51. The van der Waals surface area contributed by atoms with Gasteiger partial charge in [-0.05, 0) is 49.1 Å². The molecule has 24 heavy (non-hydrogen) atoms. The molecule has 0 fully saturated rings. The Morgan fingerprint density at radius 3 is 2.50 bits per heavy atom. The zero-order valence-electron chi connectivity index (χ0n) is 13.9. The van der Waals surface area contributed by atoms with Crippen molar-refractivity contribution in [3.8, 4) is 0 Å². The lowest BCUT2D eigenvalue weighted by Gasteiger charge is -2.29. The number of nitrogens with one attached hydrogen (secondary N) is 1. The minimum absolute atomic E-state index is 0.228. The number of rotatable bonds is 5. The summed E-state index contributed by atoms with van der Waals surface area (Å²) in [5, 5.41) is 3.65. The molecular weight excluding hydrogens is 298 g/mol. The maximum Gasteiger partial charge on any atom is 0.337 e. The van der Waals surface area contributed by atoms with Crippen LogP contribution in [0.3, 0.4) is 0 Å². The zero-order chi connectivity index (χ0) is 16.8. The van der Waals surface area contributed by atoms with E-state index in [1.165, 1.54) is 31.9 Å². The van der Waals surface area contributed by atoms with E-state index in [4.69, 9.17) is 4.74 Å². The second-order valence-corrected chi connectivity index (χ2v) is 6.12. The van der Waals surface area contributed by atoms with E-state index in [2.05, 4.69) is 41.7 Å². The van der Waals surface area contributed by atoms with Gasteiger partial charge in [0.2, 0.25) is 0 Å². The first-order valence-electron chi connectivity index (χ1n) is 8.44. The average Bonchev–Trinajstić information content (AvgIpc) is 2.67. The number of anilines is 1. The Morgan fingerprint density at radius 2 is 1.88 bits per heavy atom. The number of carbonyl (C=O) groups is 1. The van der Waals surface area contributed by atoms with Crippen molar-refractivity contribution in [2.75, 3.05) is 12.4 Å². The molecule has 2 aromatic carbocycles. The molecule has 0 saturated carbocycles. The van der Waals surface area contributed by atoms with Crippen LogP contribution in [0, 0.1) is 5.92 Å². The fraction of sp³-hybridized carbons (Fsp3) is 0.286. The summed E-state index contributed by atoms with van der Waals surface area (Å²) in [6, 6.07) is 18.2. The molecule has 2 atom stereocenters. The SMILES string of the molecule is COC(=O)c1ccc(N[C@@H](c2ccccc2)C2C=CCCC2)cc1. The molecule has 0 bridgehead atoms. The van der Waals surface area contributed by atoms with Crippen molar-refractivity contribution in [3.05, 3.63) is 77.9 Å². The van der Waals surface area contributed by atoms with E-state index in [0.29, 0.717) is 11.5 Å². The first-order valence-corrected chi connectivity index (χ1v) is 8.44. The molecular formula is C21H23NO2. The van der Waals surface area contributed by atoms with Crippen LogP contribution in [0.5, 0.6) is 0 Å². The van der Waals surface area contributed by atoms with Crippen molar-refractivity contribution in [2.24, 2.45) is 5.92 Å². The molecule has 0 radical (unpaired) electrons. The normalized spacial score (nSPS) is 18.0. The fourth-order valence-corrected chi connectivity index (χ4v) is 3.21. The van der Waals surface area contributed by atoms with Gasteiger partial charge < -0.3 is 10.1 Å². The Kier molecular flexibility index (Phi) is 5.32. The number of carbonyl (C=O) groups excluding carboxylic acids is 1. The predicted molar refractivity (Wildman–Crippen MR) is 97.1 cm³/mol. The highest BCUT2D eigenvalue weighted by Gasteiger charge is 2.22. The molecule has 3 heteroatoms. The molecule has 2 aromatic rings. The molecule has 124 valence electrons. The minimum atomic E-state index is -0.309. The lowest BCUT2D eigenvalue weighted by atomic mass is 9.85. The quantitative estimate of drug-likeness (QED) is 0.623. The Hall–Kier alpha value is -2.55. The molecule has 0 heterocycles. The van der Waals surface area contributed by atoms with Crippen LogP contribution in [0.2, 0.25) is 0 Å². The van der Waals surface area contributed by atoms with Gasteiger partial charge in [-0.3, -0.25) is 0 Å². The molecule has 1 unspecified atom stereocenters. The van der Waals surface area contributed by atoms with Crippen molar-refractivity contribution in [2.45, 2.75) is 25.3 Å². The Balaban J connectivity index is 1.82. The topological polar surface area (TPSA) is 38.3 Å². The molecule has 1 aliphatic carbocycles. The van der Waals surface area contributed by atoms with Crippen LogP contribution in [0.4, 0.5) is 5.69 Å². The summed E-state index contributed by atoms with van der Waals surface area (Å²) >= 11 is 0. The van der Waals surface area contributed by atoms with Gasteiger partial charge in [-0.1, -0.05) is 42.5 Å². The van der Waals surface area contributed by atoms with Crippen LogP contribution >= 0.6 is 0 Å². The second-order valence-electron chi connectivity index (χ2n) is 6.12. The van der Waals surface area contributed by atoms with Gasteiger partial charge in [-0.2, -0.15) is 0 Å². The molecule has 0 aromatic heterocycles. The van der Waals surface area contributed by atoms with Gasteiger partial charge in [-0.15, -0.1) is 0 Å². The van der Waals surface area contributed by atoms with Crippen molar-refractivity contribution in [3.63, 3.8) is 0 Å². The van der Waals surface area contributed by atoms with E-state index in [0.717, 1.165) is 5.69 Å². The molecule has 3 rings (SSSR count). The largest absolute Gasteiger partial charge is 0.465 e. The third-order valence-electron chi connectivity index (χ3n) is 4.51. The lowest BCUT2D eigenvalue weighted by Crippen LogP contribution is -2.21. The summed E-state index contributed by atoms with van der Waals surface area (Å²) in [5.41, 5.74) is 2.86. The fourth-order valence-electron chi connectivity index (χ4n) is 3.21. The van der Waals surface area contributed by atoms with E-state index in [1.54, 1.807) is 12.1 Å². The van der Waals surface area contributed by atoms with Crippen LogP contribution in [0.25, 0.3) is 0 Å². The van der Waals surface area contributed by atoms with Gasteiger partial charge >= 0.3 is 5.97 Å². The molecule has 3 nitrogen and oxygen atoms in total. The van der Waals surface area contributed by atoms with E-state index in [1.807, 2.05) is 18.2 Å². The van der Waals surface area contributed by atoms with E-state index >= 15 is 0 Å². The van der Waals surface area contributed by atoms with Crippen molar-refractivity contribution in [1.82, 2.24) is 0 Å². The van der Waals surface area contributed by atoms with Gasteiger partial charge in [-0.25, -0.2) is 4.79 Å². The van der Waals surface area contributed by atoms with E-state index < -0.39 is 0 Å². The van der Waals surface area contributed by atoms with Crippen molar-refractivity contribution < 1.29 is 9.53 Å². The summed E-state index contributed by atoms with van der Waals surface area (Å²) < 4.78 is 4.75. The molecule has 0 aliphatic heterocycles. The number of ether oxygens (including phenoxy) is 1. The van der Waals surface area contributed by atoms with Crippen molar-refractivity contribution >= 4 is 11.7 Å². The molecule has 1 N–H and O–H groups in total. The summed E-state index contributed by atoms with van der Waals surface area (Å²) in [6.07, 6.45) is 8.20. The molecule has 0 saturated heterocycles. The van der Waals surface area contributed by atoms with Crippen LogP contribution in [-0.4, -0.2) is 13.1 Å². The van der Waals surface area contributed by atoms with E-state index in [9.17, 15) is 4.79 Å². The smallest absolute Gasteiger partial charge is 0.337 e. The maximum absolute atomic E-state index is 11.6. The van der Waals surface area contributed by atoms with Gasteiger partial charge in [0.15, 0.2) is 0 Å². The van der Waals surface area contributed by atoms with Crippen LogP contribution in [0.1, 0.15) is 41.2 Å². The minimum Gasteiger partial charge on any atom is -0.465 e. The number of hydrogen-bond acceptors (Lipinski definition) is 3. The lowest BCUT2D eigenvalue weighted by molar-refractivity contribution is 0.0601. The highest BCUT2D eigenvalue weighted by molar-refractivity contribution is 5.89. The summed E-state index contributed by atoms with van der Waals surface area (Å²) in [5.74, 6) is 0.165. The second kappa shape index (κ2) is 7.82. The molecule has 0 spiro atoms. The first kappa shape index (κ1) is 16.3. The molecule has 1 aliphatic rings. The number of hydrogen-bond donors (Lipinski definition) is 1. The average molecular weight is 321 g/mol. The Morgan fingerprint density at radius 1 is 1.12 bits per heavy atom.